The Morgan fingerprint density at radius 1 is 1.07 bits per heavy atom. The molecule has 0 saturated heterocycles. The van der Waals surface area contributed by atoms with E-state index in [4.69, 9.17) is 4.74 Å². The molecule has 2 aromatic heterocycles. The SMILES string of the molecule is Brc1cncc(Oc2cnccn2)c1. The van der Waals surface area contributed by atoms with Gasteiger partial charge in [0.1, 0.15) is 5.75 Å². The molecule has 0 aliphatic heterocycles. The lowest BCUT2D eigenvalue weighted by molar-refractivity contribution is 0.457. The molecule has 0 aliphatic rings. The van der Waals surface area contributed by atoms with Crippen LogP contribution < -0.4 is 4.74 Å². The van der Waals surface area contributed by atoms with Crippen molar-refractivity contribution in [2.24, 2.45) is 0 Å². The first kappa shape index (κ1) is 9.08. The molecular weight excluding hydrogens is 246 g/mol. The Balaban J connectivity index is 2.19. The van der Waals surface area contributed by atoms with Crippen molar-refractivity contribution in [3.63, 3.8) is 0 Å². The van der Waals surface area contributed by atoms with Crippen LogP contribution in [0.25, 0.3) is 0 Å². The normalized spacial score (nSPS) is 9.79. The van der Waals surface area contributed by atoms with Crippen LogP contribution in [0.2, 0.25) is 0 Å². The minimum Gasteiger partial charge on any atom is -0.436 e. The zero-order valence-electron chi connectivity index (χ0n) is 7.09. The first-order valence-electron chi connectivity index (χ1n) is 3.89. The van der Waals surface area contributed by atoms with E-state index < -0.39 is 0 Å². The summed E-state index contributed by atoms with van der Waals surface area (Å²) in [5.74, 6) is 1.08. The molecule has 5 heteroatoms. The number of pyridine rings is 1. The fraction of sp³-hybridized carbons (Fsp3) is 0. The molecule has 0 aromatic carbocycles. The highest BCUT2D eigenvalue weighted by Gasteiger charge is 1.98. The van der Waals surface area contributed by atoms with E-state index in [-0.39, 0.29) is 0 Å². The second-order valence-electron chi connectivity index (χ2n) is 2.48. The summed E-state index contributed by atoms with van der Waals surface area (Å²) in [4.78, 5) is 11.8. The lowest BCUT2D eigenvalue weighted by Gasteiger charge is -2.02. The van der Waals surface area contributed by atoms with Gasteiger partial charge in [0.05, 0.1) is 12.4 Å². The monoisotopic (exact) mass is 251 g/mol. The van der Waals surface area contributed by atoms with Gasteiger partial charge in [0.15, 0.2) is 0 Å². The van der Waals surface area contributed by atoms with Gasteiger partial charge >= 0.3 is 0 Å². The van der Waals surface area contributed by atoms with Gasteiger partial charge in [-0.05, 0) is 22.0 Å². The minimum absolute atomic E-state index is 0.451. The van der Waals surface area contributed by atoms with Crippen LogP contribution in [-0.4, -0.2) is 15.0 Å². The van der Waals surface area contributed by atoms with Crippen LogP contribution in [0, 0.1) is 0 Å². The van der Waals surface area contributed by atoms with E-state index in [0.717, 1.165) is 4.47 Å². The number of halogens is 1. The summed E-state index contributed by atoms with van der Waals surface area (Å²) in [6, 6.07) is 1.81. The Kier molecular flexibility index (Phi) is 2.69. The zero-order valence-corrected chi connectivity index (χ0v) is 8.68. The number of ether oxygens (including phenoxy) is 1. The van der Waals surface area contributed by atoms with Gasteiger partial charge in [-0.15, -0.1) is 0 Å². The number of hydrogen-bond acceptors (Lipinski definition) is 4. The Morgan fingerprint density at radius 3 is 2.71 bits per heavy atom. The molecule has 0 saturated carbocycles. The van der Waals surface area contributed by atoms with Crippen LogP contribution in [0.1, 0.15) is 0 Å². The zero-order chi connectivity index (χ0) is 9.80. The lowest BCUT2D eigenvalue weighted by Crippen LogP contribution is -1.88. The smallest absolute Gasteiger partial charge is 0.237 e. The summed E-state index contributed by atoms with van der Waals surface area (Å²) in [6.07, 6.45) is 8.00. The highest BCUT2D eigenvalue weighted by atomic mass is 79.9. The standard InChI is InChI=1S/C9H6BrN3O/c10-7-3-8(5-12-4-7)14-9-6-11-1-2-13-9/h1-6H. The second kappa shape index (κ2) is 4.15. The third-order valence-electron chi connectivity index (χ3n) is 1.44. The fourth-order valence-corrected chi connectivity index (χ4v) is 1.25. The Morgan fingerprint density at radius 2 is 2.00 bits per heavy atom. The summed E-state index contributed by atoms with van der Waals surface area (Å²) in [7, 11) is 0. The molecule has 2 rings (SSSR count). The van der Waals surface area contributed by atoms with E-state index in [2.05, 4.69) is 30.9 Å². The minimum atomic E-state index is 0.451. The highest BCUT2D eigenvalue weighted by Crippen LogP contribution is 2.20. The van der Waals surface area contributed by atoms with Gasteiger partial charge in [-0.3, -0.25) is 9.97 Å². The molecule has 0 amide bonds. The first-order chi connectivity index (χ1) is 6.84. The van der Waals surface area contributed by atoms with Gasteiger partial charge in [-0.25, -0.2) is 4.98 Å². The van der Waals surface area contributed by atoms with Crippen LogP contribution >= 0.6 is 15.9 Å². The van der Waals surface area contributed by atoms with Gasteiger partial charge in [0, 0.05) is 23.1 Å². The highest BCUT2D eigenvalue weighted by molar-refractivity contribution is 9.10. The quantitative estimate of drug-likeness (QED) is 0.823. The predicted molar refractivity (Wildman–Crippen MR) is 54.0 cm³/mol. The molecule has 0 spiro atoms. The third-order valence-corrected chi connectivity index (χ3v) is 1.88. The molecule has 70 valence electrons. The van der Waals surface area contributed by atoms with Crippen LogP contribution in [0.15, 0.2) is 41.5 Å². The molecule has 0 atom stereocenters. The van der Waals surface area contributed by atoms with Gasteiger partial charge in [-0.2, -0.15) is 0 Å². The van der Waals surface area contributed by atoms with Crippen molar-refractivity contribution < 1.29 is 4.74 Å². The predicted octanol–water partition coefficient (Wildman–Crippen LogP) is 2.43. The summed E-state index contributed by atoms with van der Waals surface area (Å²) >= 11 is 3.30. The third kappa shape index (κ3) is 2.26. The van der Waals surface area contributed by atoms with E-state index in [9.17, 15) is 0 Å². The van der Waals surface area contributed by atoms with Gasteiger partial charge in [0.25, 0.3) is 0 Å². The summed E-state index contributed by atoms with van der Waals surface area (Å²) < 4.78 is 6.25. The summed E-state index contributed by atoms with van der Waals surface area (Å²) in [6.45, 7) is 0. The number of aromatic nitrogens is 3. The molecule has 14 heavy (non-hydrogen) atoms. The molecular formula is C9H6BrN3O. The number of hydrogen-bond donors (Lipinski definition) is 0. The van der Waals surface area contributed by atoms with Gasteiger partial charge < -0.3 is 4.74 Å². The maximum atomic E-state index is 5.39. The van der Waals surface area contributed by atoms with Crippen molar-refractivity contribution in [1.29, 1.82) is 0 Å². The molecule has 0 unspecified atom stereocenters. The van der Waals surface area contributed by atoms with Gasteiger partial charge in [-0.1, -0.05) is 0 Å². The van der Waals surface area contributed by atoms with Crippen LogP contribution in [0.3, 0.4) is 0 Å². The summed E-state index contributed by atoms with van der Waals surface area (Å²) in [5.41, 5.74) is 0. The Hall–Kier alpha value is -1.49. The number of rotatable bonds is 2. The first-order valence-corrected chi connectivity index (χ1v) is 4.68. The maximum absolute atomic E-state index is 5.39. The number of nitrogens with zero attached hydrogens (tertiary/aromatic N) is 3. The van der Waals surface area contributed by atoms with E-state index >= 15 is 0 Å². The molecule has 2 heterocycles. The summed E-state index contributed by atoms with van der Waals surface area (Å²) in [5, 5.41) is 0. The lowest BCUT2D eigenvalue weighted by atomic mass is 10.5. The van der Waals surface area contributed by atoms with Crippen LogP contribution in [-0.2, 0) is 0 Å². The molecule has 2 aromatic rings. The van der Waals surface area contributed by atoms with Crippen LogP contribution in [0.5, 0.6) is 11.6 Å². The molecule has 4 nitrogen and oxygen atoms in total. The van der Waals surface area contributed by atoms with Crippen molar-refractivity contribution in [1.82, 2.24) is 15.0 Å². The fourth-order valence-electron chi connectivity index (χ4n) is 0.907. The molecule has 0 fully saturated rings. The molecule has 0 radical (unpaired) electrons. The van der Waals surface area contributed by atoms with Crippen molar-refractivity contribution in [2.75, 3.05) is 0 Å². The van der Waals surface area contributed by atoms with Crippen molar-refractivity contribution >= 4 is 15.9 Å². The average molecular weight is 252 g/mol. The van der Waals surface area contributed by atoms with Crippen molar-refractivity contribution in [3.8, 4) is 11.6 Å². The second-order valence-corrected chi connectivity index (χ2v) is 3.40. The molecule has 0 N–H and O–H groups in total. The van der Waals surface area contributed by atoms with Crippen molar-refractivity contribution in [2.45, 2.75) is 0 Å². The van der Waals surface area contributed by atoms with E-state index in [1.165, 1.54) is 0 Å². The van der Waals surface area contributed by atoms with E-state index in [0.29, 0.717) is 11.6 Å². The molecule has 0 aliphatic carbocycles. The topological polar surface area (TPSA) is 47.9 Å². The average Bonchev–Trinajstić information content (AvgIpc) is 2.19. The Bertz CT molecular complexity index is 421. The van der Waals surface area contributed by atoms with E-state index in [1.807, 2.05) is 6.07 Å². The van der Waals surface area contributed by atoms with Crippen molar-refractivity contribution in [3.05, 3.63) is 41.5 Å². The molecule has 0 bridgehead atoms. The van der Waals surface area contributed by atoms with E-state index in [1.54, 1.807) is 31.0 Å². The largest absolute Gasteiger partial charge is 0.436 e. The Labute approximate surface area is 89.1 Å². The van der Waals surface area contributed by atoms with Gasteiger partial charge in [0.2, 0.25) is 5.88 Å². The van der Waals surface area contributed by atoms with Crippen LogP contribution in [0.4, 0.5) is 0 Å². The maximum Gasteiger partial charge on any atom is 0.237 e.